The molecule has 0 radical (unpaired) electrons. The number of nitrogens with zero attached hydrogens (tertiary/aromatic N) is 2. The minimum absolute atomic E-state index is 0.124. The second kappa shape index (κ2) is 7.64. The molecule has 4 rings (SSSR count). The van der Waals surface area contributed by atoms with E-state index in [0.717, 1.165) is 12.0 Å². The molecule has 0 aromatic heterocycles. The van der Waals surface area contributed by atoms with Crippen LogP contribution in [0.25, 0.3) is 0 Å². The first-order valence-corrected chi connectivity index (χ1v) is 9.65. The van der Waals surface area contributed by atoms with Crippen molar-refractivity contribution in [2.24, 2.45) is 0 Å². The van der Waals surface area contributed by atoms with Gasteiger partial charge >= 0.3 is 0 Å². The van der Waals surface area contributed by atoms with Crippen LogP contribution in [0, 0.1) is 0 Å². The minimum atomic E-state index is -0.496. The van der Waals surface area contributed by atoms with Crippen LogP contribution in [0.1, 0.15) is 28.8 Å². The van der Waals surface area contributed by atoms with Crippen LogP contribution in [0.4, 0.5) is 5.69 Å². The summed E-state index contributed by atoms with van der Waals surface area (Å²) in [5, 5.41) is 3.47. The summed E-state index contributed by atoms with van der Waals surface area (Å²) in [7, 11) is 0. The molecule has 1 saturated heterocycles. The molecule has 2 heterocycles. The molecule has 1 fully saturated rings. The molecule has 0 spiro atoms. The van der Waals surface area contributed by atoms with E-state index < -0.39 is 6.04 Å². The molecule has 2 aliphatic rings. The van der Waals surface area contributed by atoms with Crippen LogP contribution in [0.15, 0.2) is 48.5 Å². The Bertz CT molecular complexity index is 929. The normalized spacial score (nSPS) is 18.5. The first-order valence-electron chi connectivity index (χ1n) is 9.27. The Balaban J connectivity index is 1.54. The second-order valence-electron chi connectivity index (χ2n) is 7.00. The van der Waals surface area contributed by atoms with Crippen molar-refractivity contribution in [1.29, 1.82) is 0 Å². The van der Waals surface area contributed by atoms with E-state index in [-0.39, 0.29) is 24.3 Å². The van der Waals surface area contributed by atoms with Crippen molar-refractivity contribution in [3.63, 3.8) is 0 Å². The van der Waals surface area contributed by atoms with E-state index >= 15 is 0 Å². The zero-order chi connectivity index (χ0) is 19.7. The Morgan fingerprint density at radius 2 is 1.86 bits per heavy atom. The Labute approximate surface area is 168 Å². The van der Waals surface area contributed by atoms with E-state index in [0.29, 0.717) is 35.8 Å². The van der Waals surface area contributed by atoms with Crippen molar-refractivity contribution in [2.45, 2.75) is 25.4 Å². The van der Waals surface area contributed by atoms with E-state index in [1.807, 2.05) is 12.1 Å². The summed E-state index contributed by atoms with van der Waals surface area (Å²) in [4.78, 5) is 41.6. The van der Waals surface area contributed by atoms with Crippen molar-refractivity contribution in [3.05, 3.63) is 64.7 Å². The van der Waals surface area contributed by atoms with Crippen molar-refractivity contribution < 1.29 is 14.4 Å². The molecule has 2 aliphatic heterocycles. The smallest absolute Gasteiger partial charge is 0.256 e. The van der Waals surface area contributed by atoms with Crippen LogP contribution >= 0.6 is 11.6 Å². The maximum absolute atomic E-state index is 13.1. The fraction of sp³-hybridized carbons (Fsp3) is 0.286. The summed E-state index contributed by atoms with van der Waals surface area (Å²) in [5.74, 6) is -0.620. The molecule has 0 aliphatic carbocycles. The van der Waals surface area contributed by atoms with E-state index in [9.17, 15) is 14.4 Å². The Hall–Kier alpha value is -2.86. The first-order chi connectivity index (χ1) is 13.5. The molecule has 3 amide bonds. The van der Waals surface area contributed by atoms with Gasteiger partial charge in [-0.1, -0.05) is 35.9 Å². The van der Waals surface area contributed by atoms with Gasteiger partial charge in [-0.3, -0.25) is 14.4 Å². The fourth-order valence-corrected chi connectivity index (χ4v) is 3.90. The Morgan fingerprint density at radius 1 is 1.11 bits per heavy atom. The zero-order valence-corrected chi connectivity index (χ0v) is 16.0. The van der Waals surface area contributed by atoms with Gasteiger partial charge in [-0.2, -0.15) is 0 Å². The highest BCUT2D eigenvalue weighted by Gasteiger charge is 2.42. The van der Waals surface area contributed by atoms with E-state index in [2.05, 4.69) is 5.32 Å². The number of anilines is 1. The van der Waals surface area contributed by atoms with Gasteiger partial charge in [0.25, 0.3) is 5.91 Å². The van der Waals surface area contributed by atoms with Gasteiger partial charge in [-0.05, 0) is 42.7 Å². The van der Waals surface area contributed by atoms with Crippen LogP contribution < -0.4 is 10.2 Å². The van der Waals surface area contributed by atoms with Crippen molar-refractivity contribution in [2.75, 3.05) is 18.0 Å². The van der Waals surface area contributed by atoms with Gasteiger partial charge in [0.1, 0.15) is 12.6 Å². The average molecular weight is 398 g/mol. The molecule has 0 saturated carbocycles. The number of amides is 3. The van der Waals surface area contributed by atoms with Crippen molar-refractivity contribution >= 4 is 35.0 Å². The first kappa shape index (κ1) is 18.5. The van der Waals surface area contributed by atoms with Crippen molar-refractivity contribution in [1.82, 2.24) is 10.2 Å². The molecular weight excluding hydrogens is 378 g/mol. The summed E-state index contributed by atoms with van der Waals surface area (Å²) < 4.78 is 0. The van der Waals surface area contributed by atoms with E-state index in [4.69, 9.17) is 11.6 Å². The number of carbonyl (C=O) groups excluding carboxylic acids is 3. The Morgan fingerprint density at radius 3 is 2.64 bits per heavy atom. The number of para-hydroxylation sites is 1. The van der Waals surface area contributed by atoms with E-state index in [1.165, 1.54) is 4.90 Å². The van der Waals surface area contributed by atoms with Crippen LogP contribution in [0.3, 0.4) is 0 Å². The molecule has 0 unspecified atom stereocenters. The minimum Gasteiger partial charge on any atom is -0.350 e. The van der Waals surface area contributed by atoms with Gasteiger partial charge in [-0.25, -0.2) is 0 Å². The van der Waals surface area contributed by atoms with Gasteiger partial charge in [0, 0.05) is 18.1 Å². The molecule has 144 valence electrons. The third-order valence-corrected chi connectivity index (χ3v) is 5.45. The highest BCUT2D eigenvalue weighted by molar-refractivity contribution is 6.30. The van der Waals surface area contributed by atoms with Crippen LogP contribution in [0.2, 0.25) is 5.02 Å². The van der Waals surface area contributed by atoms with Crippen LogP contribution in [-0.2, 0) is 16.1 Å². The largest absolute Gasteiger partial charge is 0.350 e. The second-order valence-corrected chi connectivity index (χ2v) is 7.44. The highest BCUT2D eigenvalue weighted by atomic mass is 35.5. The third-order valence-electron chi connectivity index (χ3n) is 5.19. The Kier molecular flexibility index (Phi) is 5.05. The highest BCUT2D eigenvalue weighted by Crippen LogP contribution is 2.32. The number of carbonyl (C=O) groups is 3. The number of hydrogen-bond acceptors (Lipinski definition) is 3. The number of fused-ring (bicyclic) bond motifs is 2. The lowest BCUT2D eigenvalue weighted by Gasteiger charge is -2.25. The van der Waals surface area contributed by atoms with E-state index in [1.54, 1.807) is 41.3 Å². The van der Waals surface area contributed by atoms with Crippen LogP contribution in [-0.4, -0.2) is 41.8 Å². The summed E-state index contributed by atoms with van der Waals surface area (Å²) in [6.45, 7) is 0.787. The summed E-state index contributed by atoms with van der Waals surface area (Å²) in [6.07, 6.45) is 1.42. The number of hydrogen-bond donors (Lipinski definition) is 1. The standard InChI is InChI=1S/C21H20ClN3O3/c22-15-9-7-14(8-10-15)12-23-19(26)13-25-17-5-2-1-4-16(17)20(27)24-11-3-6-18(24)21(25)28/h1-2,4-5,7-10,18H,3,6,11-13H2,(H,23,26)/t18-/m0/s1. The van der Waals surface area contributed by atoms with Crippen molar-refractivity contribution in [3.8, 4) is 0 Å². The lowest BCUT2D eigenvalue weighted by atomic mass is 10.1. The molecule has 0 bridgehead atoms. The van der Waals surface area contributed by atoms with Gasteiger partial charge in [0.05, 0.1) is 11.3 Å². The monoisotopic (exact) mass is 397 g/mol. The summed E-state index contributed by atoms with van der Waals surface area (Å²) in [5.41, 5.74) is 1.87. The predicted octanol–water partition coefficient (Wildman–Crippen LogP) is 2.61. The number of halogens is 1. The third kappa shape index (κ3) is 3.47. The topological polar surface area (TPSA) is 69.7 Å². The number of benzene rings is 2. The molecule has 6 nitrogen and oxygen atoms in total. The maximum atomic E-state index is 13.1. The molecule has 1 atom stereocenters. The number of rotatable bonds is 4. The van der Waals surface area contributed by atoms with Gasteiger partial charge in [0.2, 0.25) is 11.8 Å². The molecular formula is C21H20ClN3O3. The number of nitrogens with one attached hydrogen (secondary N) is 1. The lowest BCUT2D eigenvalue weighted by Crippen LogP contribution is -2.48. The van der Waals surface area contributed by atoms with Gasteiger partial charge in [-0.15, -0.1) is 0 Å². The fourth-order valence-electron chi connectivity index (χ4n) is 3.78. The average Bonchev–Trinajstić information content (AvgIpc) is 3.18. The predicted molar refractivity (Wildman–Crippen MR) is 106 cm³/mol. The van der Waals surface area contributed by atoms with Gasteiger partial charge in [0.15, 0.2) is 0 Å². The molecule has 1 N–H and O–H groups in total. The zero-order valence-electron chi connectivity index (χ0n) is 15.2. The van der Waals surface area contributed by atoms with Crippen LogP contribution in [0.5, 0.6) is 0 Å². The quantitative estimate of drug-likeness (QED) is 0.862. The lowest BCUT2D eigenvalue weighted by molar-refractivity contribution is -0.125. The molecule has 2 aromatic carbocycles. The molecule has 28 heavy (non-hydrogen) atoms. The van der Waals surface area contributed by atoms with Gasteiger partial charge < -0.3 is 15.1 Å². The summed E-state index contributed by atoms with van der Waals surface area (Å²) in [6, 6.07) is 13.7. The maximum Gasteiger partial charge on any atom is 0.256 e. The summed E-state index contributed by atoms with van der Waals surface area (Å²) >= 11 is 5.88. The SMILES string of the molecule is O=C(CN1C(=O)[C@@H]2CCCN2C(=O)c2ccccc21)NCc1ccc(Cl)cc1. The molecule has 7 heteroatoms. The molecule has 2 aromatic rings.